The minimum atomic E-state index is -0.193. The van der Waals surface area contributed by atoms with Gasteiger partial charge < -0.3 is 10.4 Å². The van der Waals surface area contributed by atoms with Crippen LogP contribution in [-0.4, -0.2) is 28.2 Å². The van der Waals surface area contributed by atoms with Gasteiger partial charge in [0, 0.05) is 30.0 Å². The molecule has 0 spiro atoms. The topological polar surface area (TPSA) is 58.0 Å². The smallest absolute Gasteiger partial charge is 0.137 e. The molecule has 1 aromatic heterocycles. The van der Waals surface area contributed by atoms with E-state index < -0.39 is 0 Å². The Morgan fingerprint density at radius 3 is 2.44 bits per heavy atom. The van der Waals surface area contributed by atoms with Gasteiger partial charge in [-0.15, -0.1) is 0 Å². The molecule has 0 aromatic carbocycles. The van der Waals surface area contributed by atoms with Gasteiger partial charge in [0.1, 0.15) is 16.8 Å². The molecule has 2 N–H and O–H groups in total. The lowest BCUT2D eigenvalue weighted by molar-refractivity contribution is 0.170. The van der Waals surface area contributed by atoms with Crippen LogP contribution in [0.4, 0.5) is 5.82 Å². The van der Waals surface area contributed by atoms with Crippen molar-refractivity contribution in [2.75, 3.05) is 18.5 Å². The van der Waals surface area contributed by atoms with Crippen molar-refractivity contribution in [1.29, 1.82) is 0 Å². The van der Waals surface area contributed by atoms with Crippen LogP contribution in [0, 0.1) is 12.3 Å². The lowest BCUT2D eigenvalue weighted by Gasteiger charge is -2.23. The summed E-state index contributed by atoms with van der Waals surface area (Å²) in [4.78, 5) is 8.74. The molecular weight excluding hydrogens is 250 g/mol. The number of aliphatic hydroxyl groups is 1. The molecule has 0 aliphatic heterocycles. The first-order chi connectivity index (χ1) is 8.26. The van der Waals surface area contributed by atoms with E-state index in [0.717, 1.165) is 17.2 Å². The summed E-state index contributed by atoms with van der Waals surface area (Å²) in [6, 6.07) is 0. The summed E-state index contributed by atoms with van der Waals surface area (Å²) >= 11 is 6.11. The van der Waals surface area contributed by atoms with Crippen molar-refractivity contribution in [3.8, 4) is 0 Å². The fourth-order valence-electron chi connectivity index (χ4n) is 1.31. The average molecular weight is 272 g/mol. The molecule has 0 saturated heterocycles. The molecule has 0 aliphatic carbocycles. The SMILES string of the molecule is Cc1c(Cl)nc(C(C)C)nc1NCC(C)(C)CO. The Kier molecular flexibility index (Phi) is 4.93. The highest BCUT2D eigenvalue weighted by Gasteiger charge is 2.18. The fraction of sp³-hybridized carbons (Fsp3) is 0.692. The maximum atomic E-state index is 9.24. The Bertz CT molecular complexity index is 419. The highest BCUT2D eigenvalue weighted by molar-refractivity contribution is 6.30. The van der Waals surface area contributed by atoms with Gasteiger partial charge in [-0.1, -0.05) is 39.3 Å². The highest BCUT2D eigenvalue weighted by atomic mass is 35.5. The number of nitrogens with one attached hydrogen (secondary N) is 1. The van der Waals surface area contributed by atoms with Crippen LogP contribution < -0.4 is 5.32 Å². The second-order valence-corrected chi connectivity index (χ2v) is 6.03. The quantitative estimate of drug-likeness (QED) is 0.809. The maximum Gasteiger partial charge on any atom is 0.137 e. The third-order valence-corrected chi connectivity index (χ3v) is 3.15. The van der Waals surface area contributed by atoms with Crippen LogP contribution in [0.3, 0.4) is 0 Å². The molecular formula is C13H22ClN3O. The predicted molar refractivity (Wildman–Crippen MR) is 75.2 cm³/mol. The molecule has 1 aromatic rings. The van der Waals surface area contributed by atoms with Gasteiger partial charge in [0.05, 0.1) is 0 Å². The molecule has 0 radical (unpaired) electrons. The molecule has 5 heteroatoms. The number of anilines is 1. The van der Waals surface area contributed by atoms with Gasteiger partial charge in [-0.05, 0) is 6.92 Å². The molecule has 4 nitrogen and oxygen atoms in total. The number of nitrogens with zero attached hydrogens (tertiary/aromatic N) is 2. The molecule has 0 unspecified atom stereocenters. The van der Waals surface area contributed by atoms with Gasteiger partial charge in [-0.3, -0.25) is 0 Å². The Morgan fingerprint density at radius 2 is 1.94 bits per heavy atom. The summed E-state index contributed by atoms with van der Waals surface area (Å²) in [5.74, 6) is 1.71. The minimum absolute atomic E-state index is 0.120. The highest BCUT2D eigenvalue weighted by Crippen LogP contribution is 2.24. The molecule has 0 amide bonds. The first-order valence-electron chi connectivity index (χ1n) is 6.15. The number of rotatable bonds is 5. The van der Waals surface area contributed by atoms with Gasteiger partial charge >= 0.3 is 0 Å². The number of halogens is 1. The lowest BCUT2D eigenvalue weighted by atomic mass is 9.95. The van der Waals surface area contributed by atoms with Gasteiger partial charge in [0.2, 0.25) is 0 Å². The summed E-state index contributed by atoms with van der Waals surface area (Å²) in [5, 5.41) is 13.0. The Labute approximate surface area is 114 Å². The molecule has 102 valence electrons. The Balaban J connectivity index is 2.94. The number of aromatic nitrogens is 2. The van der Waals surface area contributed by atoms with E-state index in [1.165, 1.54) is 0 Å². The van der Waals surface area contributed by atoms with Crippen molar-refractivity contribution >= 4 is 17.4 Å². The van der Waals surface area contributed by atoms with E-state index in [9.17, 15) is 5.11 Å². The van der Waals surface area contributed by atoms with E-state index in [4.69, 9.17) is 11.6 Å². The van der Waals surface area contributed by atoms with Crippen LogP contribution in [0.2, 0.25) is 5.15 Å². The van der Waals surface area contributed by atoms with Crippen molar-refractivity contribution in [3.05, 3.63) is 16.5 Å². The zero-order chi connectivity index (χ0) is 13.9. The van der Waals surface area contributed by atoms with Crippen molar-refractivity contribution < 1.29 is 5.11 Å². The lowest BCUT2D eigenvalue weighted by Crippen LogP contribution is -2.27. The zero-order valence-corrected chi connectivity index (χ0v) is 12.5. The van der Waals surface area contributed by atoms with Crippen LogP contribution in [0.1, 0.15) is 45.0 Å². The monoisotopic (exact) mass is 271 g/mol. The molecule has 1 heterocycles. The van der Waals surface area contributed by atoms with Crippen molar-refractivity contribution in [2.24, 2.45) is 5.41 Å². The van der Waals surface area contributed by atoms with E-state index in [-0.39, 0.29) is 17.9 Å². The summed E-state index contributed by atoms with van der Waals surface area (Å²) in [5.41, 5.74) is 0.650. The number of aliphatic hydroxyl groups excluding tert-OH is 1. The molecule has 0 bridgehead atoms. The summed E-state index contributed by atoms with van der Waals surface area (Å²) < 4.78 is 0. The van der Waals surface area contributed by atoms with E-state index in [1.807, 2.05) is 34.6 Å². The third kappa shape index (κ3) is 3.82. The second kappa shape index (κ2) is 5.85. The second-order valence-electron chi connectivity index (χ2n) is 5.68. The largest absolute Gasteiger partial charge is 0.396 e. The van der Waals surface area contributed by atoms with E-state index in [1.54, 1.807) is 0 Å². The molecule has 0 aliphatic rings. The van der Waals surface area contributed by atoms with Crippen molar-refractivity contribution in [2.45, 2.75) is 40.5 Å². The molecule has 18 heavy (non-hydrogen) atoms. The zero-order valence-electron chi connectivity index (χ0n) is 11.7. The molecule has 0 saturated carbocycles. The first-order valence-corrected chi connectivity index (χ1v) is 6.53. The number of hydrogen-bond acceptors (Lipinski definition) is 4. The average Bonchev–Trinajstić information content (AvgIpc) is 2.30. The summed E-state index contributed by atoms with van der Waals surface area (Å²) in [7, 11) is 0. The van der Waals surface area contributed by atoms with E-state index >= 15 is 0 Å². The van der Waals surface area contributed by atoms with Crippen LogP contribution >= 0.6 is 11.6 Å². The third-order valence-electron chi connectivity index (χ3n) is 2.78. The fourth-order valence-corrected chi connectivity index (χ4v) is 1.49. The predicted octanol–water partition coefficient (Wildman–Crippen LogP) is 2.99. The van der Waals surface area contributed by atoms with Gasteiger partial charge in [-0.2, -0.15) is 0 Å². The standard InChI is InChI=1S/C13H22ClN3O/c1-8(2)11-16-10(14)9(3)12(17-11)15-6-13(4,5)7-18/h8,18H,6-7H2,1-5H3,(H,15,16,17). The molecule has 0 atom stereocenters. The normalized spacial score (nSPS) is 12.0. The van der Waals surface area contributed by atoms with Crippen LogP contribution in [0.15, 0.2) is 0 Å². The molecule has 1 rings (SSSR count). The summed E-state index contributed by atoms with van der Waals surface area (Å²) in [6.07, 6.45) is 0. The van der Waals surface area contributed by atoms with Gasteiger partial charge in [0.25, 0.3) is 0 Å². The van der Waals surface area contributed by atoms with Crippen LogP contribution in [0.5, 0.6) is 0 Å². The summed E-state index contributed by atoms with van der Waals surface area (Å²) in [6.45, 7) is 10.7. The van der Waals surface area contributed by atoms with E-state index in [2.05, 4.69) is 15.3 Å². The van der Waals surface area contributed by atoms with E-state index in [0.29, 0.717) is 11.7 Å². The van der Waals surface area contributed by atoms with Gasteiger partial charge in [-0.25, -0.2) is 9.97 Å². The van der Waals surface area contributed by atoms with Gasteiger partial charge in [0.15, 0.2) is 0 Å². The Hall–Kier alpha value is -0.870. The first kappa shape index (κ1) is 15.2. The van der Waals surface area contributed by atoms with Crippen molar-refractivity contribution in [3.63, 3.8) is 0 Å². The minimum Gasteiger partial charge on any atom is -0.396 e. The molecule has 0 fully saturated rings. The number of hydrogen-bond donors (Lipinski definition) is 2. The van der Waals surface area contributed by atoms with Crippen molar-refractivity contribution in [1.82, 2.24) is 9.97 Å². The Morgan fingerprint density at radius 1 is 1.33 bits per heavy atom. The van der Waals surface area contributed by atoms with Crippen LogP contribution in [0.25, 0.3) is 0 Å². The maximum absolute atomic E-state index is 9.24. The van der Waals surface area contributed by atoms with Crippen LogP contribution in [-0.2, 0) is 0 Å².